The number of nitrogens with one attached hydrogen (secondary N) is 4. The second-order valence-corrected chi connectivity index (χ2v) is 5.54. The highest BCUT2D eigenvalue weighted by Gasteiger charge is 2.10. The fourth-order valence-electron chi connectivity index (χ4n) is 1.73. The van der Waals surface area contributed by atoms with E-state index in [9.17, 15) is 9.59 Å². The van der Waals surface area contributed by atoms with Gasteiger partial charge in [0.2, 0.25) is 0 Å². The van der Waals surface area contributed by atoms with Gasteiger partial charge in [-0.2, -0.15) is 0 Å². The van der Waals surface area contributed by atoms with E-state index in [2.05, 4.69) is 21.3 Å². The maximum Gasteiger partial charge on any atom is 0.293 e. The topological polar surface area (TPSA) is 109 Å². The molecule has 0 aliphatic rings. The molecule has 0 unspecified atom stereocenters. The van der Waals surface area contributed by atoms with E-state index in [0.717, 1.165) is 0 Å². The lowest BCUT2D eigenvalue weighted by atomic mass is 10.4. The molecule has 0 fully saturated rings. The second-order valence-electron chi connectivity index (χ2n) is 4.73. The van der Waals surface area contributed by atoms with Crippen LogP contribution in [0, 0.1) is 0 Å². The van der Waals surface area contributed by atoms with Gasteiger partial charge in [-0.25, -0.2) is 0 Å². The minimum atomic E-state index is -0.414. The molecule has 10 heteroatoms. The van der Waals surface area contributed by atoms with Gasteiger partial charge in [0.25, 0.3) is 11.8 Å². The van der Waals surface area contributed by atoms with E-state index in [1.807, 2.05) is 0 Å². The maximum absolute atomic E-state index is 11.7. The zero-order valence-electron chi connectivity index (χ0n) is 13.0. The zero-order valence-corrected chi connectivity index (χ0v) is 14.7. The molecule has 2 heterocycles. The second kappa shape index (κ2) is 9.55. The Bertz CT molecular complexity index is 667. The average Bonchev–Trinajstić information content (AvgIpc) is 3.27. The van der Waals surface area contributed by atoms with Crippen molar-refractivity contribution in [1.82, 2.24) is 21.3 Å². The zero-order chi connectivity index (χ0) is 18.1. The lowest BCUT2D eigenvalue weighted by Crippen LogP contribution is -2.42. The van der Waals surface area contributed by atoms with Gasteiger partial charge >= 0.3 is 0 Å². The maximum atomic E-state index is 11.7. The SMILES string of the molecule is O=C(NC(=S)NCCCNC(=S)NC(=O)c1ccco1)c1ccco1. The van der Waals surface area contributed by atoms with Crippen molar-refractivity contribution in [3.63, 3.8) is 0 Å². The molecule has 4 N–H and O–H groups in total. The van der Waals surface area contributed by atoms with Crippen LogP contribution in [0.4, 0.5) is 0 Å². The molecule has 0 atom stereocenters. The molecule has 0 radical (unpaired) electrons. The van der Waals surface area contributed by atoms with Gasteiger partial charge in [-0.1, -0.05) is 0 Å². The third kappa shape index (κ3) is 6.36. The molecular weight excluding hydrogens is 364 g/mol. The molecule has 0 spiro atoms. The van der Waals surface area contributed by atoms with Crippen LogP contribution in [0.1, 0.15) is 27.5 Å². The Morgan fingerprint density at radius 1 is 0.840 bits per heavy atom. The molecule has 0 aromatic carbocycles. The van der Waals surface area contributed by atoms with E-state index >= 15 is 0 Å². The highest BCUT2D eigenvalue weighted by atomic mass is 32.1. The molecule has 0 aliphatic carbocycles. The number of hydrogen-bond donors (Lipinski definition) is 4. The normalized spacial score (nSPS) is 9.92. The fraction of sp³-hybridized carbons (Fsp3) is 0.200. The van der Waals surface area contributed by atoms with Crippen molar-refractivity contribution in [3.05, 3.63) is 48.3 Å². The molecule has 2 amide bonds. The number of hydrogen-bond acceptors (Lipinski definition) is 6. The van der Waals surface area contributed by atoms with Crippen LogP contribution in [0.2, 0.25) is 0 Å². The summed E-state index contributed by atoms with van der Waals surface area (Å²) in [6.45, 7) is 1.03. The Morgan fingerprint density at radius 2 is 1.28 bits per heavy atom. The van der Waals surface area contributed by atoms with E-state index in [1.54, 1.807) is 24.3 Å². The van der Waals surface area contributed by atoms with Crippen LogP contribution in [0.25, 0.3) is 0 Å². The van der Waals surface area contributed by atoms with Crippen LogP contribution in [0.15, 0.2) is 45.6 Å². The first kappa shape index (κ1) is 18.6. The van der Waals surface area contributed by atoms with Crippen molar-refractivity contribution in [2.45, 2.75) is 6.42 Å². The Kier molecular flexibility index (Phi) is 7.11. The van der Waals surface area contributed by atoms with Gasteiger partial charge in [-0.15, -0.1) is 0 Å². The van der Waals surface area contributed by atoms with Gasteiger partial charge in [0.1, 0.15) is 0 Å². The summed E-state index contributed by atoms with van der Waals surface area (Å²) in [6, 6.07) is 6.31. The quantitative estimate of drug-likeness (QED) is 0.437. The van der Waals surface area contributed by atoms with E-state index in [0.29, 0.717) is 19.5 Å². The predicted octanol–water partition coefficient (Wildman–Crippen LogP) is 1.17. The molecule has 0 bridgehead atoms. The molecule has 8 nitrogen and oxygen atoms in total. The molecular formula is C15H16N4O4S2. The van der Waals surface area contributed by atoms with Crippen LogP contribution in [-0.4, -0.2) is 35.1 Å². The number of furan rings is 2. The van der Waals surface area contributed by atoms with Gasteiger partial charge in [-0.05, 0) is 55.1 Å². The summed E-state index contributed by atoms with van der Waals surface area (Å²) in [5.41, 5.74) is 0. The number of rotatable bonds is 6. The molecule has 2 aromatic heterocycles. The number of amides is 2. The van der Waals surface area contributed by atoms with Crippen molar-refractivity contribution in [2.75, 3.05) is 13.1 Å². The summed E-state index contributed by atoms with van der Waals surface area (Å²) in [5, 5.41) is 11.2. The third-order valence-corrected chi connectivity index (χ3v) is 3.36. The van der Waals surface area contributed by atoms with Gasteiger partial charge in [0.05, 0.1) is 12.5 Å². The van der Waals surface area contributed by atoms with Crippen molar-refractivity contribution in [2.24, 2.45) is 0 Å². The van der Waals surface area contributed by atoms with Gasteiger partial charge in [0.15, 0.2) is 21.7 Å². The van der Waals surface area contributed by atoms with E-state index in [-0.39, 0.29) is 21.7 Å². The summed E-state index contributed by atoms with van der Waals surface area (Å²) in [6.07, 6.45) is 3.47. The molecule has 0 saturated heterocycles. The average molecular weight is 380 g/mol. The van der Waals surface area contributed by atoms with Crippen LogP contribution in [-0.2, 0) is 0 Å². The van der Waals surface area contributed by atoms with E-state index in [1.165, 1.54) is 12.5 Å². The highest BCUT2D eigenvalue weighted by Crippen LogP contribution is 1.99. The minimum Gasteiger partial charge on any atom is -0.459 e. The summed E-state index contributed by atoms with van der Waals surface area (Å²) < 4.78 is 9.92. The lowest BCUT2D eigenvalue weighted by molar-refractivity contribution is 0.0942. The molecule has 2 rings (SSSR count). The van der Waals surface area contributed by atoms with Crippen LogP contribution >= 0.6 is 24.4 Å². The Morgan fingerprint density at radius 3 is 1.64 bits per heavy atom. The molecule has 0 aliphatic heterocycles. The molecule has 25 heavy (non-hydrogen) atoms. The van der Waals surface area contributed by atoms with Gasteiger partial charge in [0, 0.05) is 13.1 Å². The first-order valence-electron chi connectivity index (χ1n) is 7.31. The highest BCUT2D eigenvalue weighted by molar-refractivity contribution is 7.80. The summed E-state index contributed by atoms with van der Waals surface area (Å²) in [7, 11) is 0. The van der Waals surface area contributed by atoms with Crippen LogP contribution in [0.5, 0.6) is 0 Å². The monoisotopic (exact) mass is 380 g/mol. The lowest BCUT2D eigenvalue weighted by Gasteiger charge is -2.10. The summed E-state index contributed by atoms with van der Waals surface area (Å²) >= 11 is 10.0. The van der Waals surface area contributed by atoms with Crippen LogP contribution in [0.3, 0.4) is 0 Å². The Hall–Kier alpha value is -2.72. The molecule has 132 valence electrons. The largest absolute Gasteiger partial charge is 0.459 e. The fourth-order valence-corrected chi connectivity index (χ4v) is 2.12. The van der Waals surface area contributed by atoms with Crippen molar-refractivity contribution >= 4 is 46.5 Å². The third-order valence-electron chi connectivity index (χ3n) is 2.87. The first-order chi connectivity index (χ1) is 12.1. The Balaban J connectivity index is 1.55. The van der Waals surface area contributed by atoms with Gasteiger partial charge < -0.3 is 19.5 Å². The smallest absolute Gasteiger partial charge is 0.293 e. The number of carbonyl (C=O) groups is 2. The van der Waals surface area contributed by atoms with E-state index < -0.39 is 11.8 Å². The summed E-state index contributed by atoms with van der Waals surface area (Å²) in [4.78, 5) is 23.4. The van der Waals surface area contributed by atoms with Gasteiger partial charge in [-0.3, -0.25) is 20.2 Å². The van der Waals surface area contributed by atoms with Crippen LogP contribution < -0.4 is 21.3 Å². The predicted molar refractivity (Wildman–Crippen MR) is 98.2 cm³/mol. The van der Waals surface area contributed by atoms with Crippen molar-refractivity contribution in [3.8, 4) is 0 Å². The molecule has 2 aromatic rings. The minimum absolute atomic E-state index is 0.184. The summed E-state index contributed by atoms with van der Waals surface area (Å²) in [5.74, 6) is -0.461. The standard InChI is InChI=1S/C15H16N4O4S2/c20-12(10-4-1-8-22-10)18-14(24)16-6-3-7-17-15(25)19-13(21)11-5-2-9-23-11/h1-2,4-5,8-9H,3,6-7H2,(H2,16,18,20,24)(H2,17,19,21,25). The van der Waals surface area contributed by atoms with Crippen molar-refractivity contribution < 1.29 is 18.4 Å². The number of thiocarbonyl (C=S) groups is 2. The first-order valence-corrected chi connectivity index (χ1v) is 8.13. The number of carbonyl (C=O) groups excluding carboxylic acids is 2. The van der Waals surface area contributed by atoms with Crippen molar-refractivity contribution in [1.29, 1.82) is 0 Å². The Labute approximate surface area is 154 Å². The molecule has 0 saturated carbocycles. The van der Waals surface area contributed by atoms with E-state index in [4.69, 9.17) is 33.3 Å².